The first-order valence-electron chi connectivity index (χ1n) is 6.88. The van der Waals surface area contributed by atoms with Crippen molar-refractivity contribution in [2.24, 2.45) is 0 Å². The molecular formula is C15H21N3O2. The molecule has 108 valence electrons. The van der Waals surface area contributed by atoms with Gasteiger partial charge in [-0.05, 0) is 51.0 Å². The summed E-state index contributed by atoms with van der Waals surface area (Å²) in [4.78, 5) is 0. The second-order valence-electron chi connectivity index (χ2n) is 4.68. The molecule has 2 rings (SSSR count). The Balaban J connectivity index is 2.27. The Morgan fingerprint density at radius 1 is 1.05 bits per heavy atom. The van der Waals surface area contributed by atoms with Gasteiger partial charge >= 0.3 is 0 Å². The standard InChI is InChI=1S/C15H21N3O2/c1-5-19-15(20-6-2)14-10-18(17-16-14)13-8-11(3)7-12(4)9-13/h7-10,15H,5-6H2,1-4H3. The SMILES string of the molecule is CCOC(OCC)c1cn(-c2cc(C)cc(C)c2)nn1. The van der Waals surface area contributed by atoms with Crippen molar-refractivity contribution < 1.29 is 9.47 Å². The zero-order valence-electron chi connectivity index (χ0n) is 12.5. The molecule has 1 heterocycles. The van der Waals surface area contributed by atoms with E-state index in [4.69, 9.17) is 9.47 Å². The van der Waals surface area contributed by atoms with Gasteiger partial charge in [0.15, 0.2) is 0 Å². The van der Waals surface area contributed by atoms with E-state index in [1.165, 1.54) is 11.1 Å². The zero-order valence-corrected chi connectivity index (χ0v) is 12.5. The minimum absolute atomic E-state index is 0.454. The van der Waals surface area contributed by atoms with Gasteiger partial charge in [0.2, 0.25) is 6.29 Å². The van der Waals surface area contributed by atoms with Gasteiger partial charge in [0.25, 0.3) is 0 Å². The van der Waals surface area contributed by atoms with Gasteiger partial charge in [-0.25, -0.2) is 4.68 Å². The Morgan fingerprint density at radius 2 is 1.65 bits per heavy atom. The molecule has 0 unspecified atom stereocenters. The maximum atomic E-state index is 5.53. The van der Waals surface area contributed by atoms with Crippen molar-refractivity contribution in [3.63, 3.8) is 0 Å². The average molecular weight is 275 g/mol. The maximum absolute atomic E-state index is 5.53. The maximum Gasteiger partial charge on any atom is 0.204 e. The van der Waals surface area contributed by atoms with Crippen molar-refractivity contribution in [3.8, 4) is 5.69 Å². The fourth-order valence-corrected chi connectivity index (χ4v) is 2.12. The average Bonchev–Trinajstić information content (AvgIpc) is 2.87. The summed E-state index contributed by atoms with van der Waals surface area (Å²) < 4.78 is 12.8. The molecule has 2 aromatic rings. The van der Waals surface area contributed by atoms with E-state index in [-0.39, 0.29) is 0 Å². The van der Waals surface area contributed by atoms with Crippen LogP contribution in [0.15, 0.2) is 24.4 Å². The summed E-state index contributed by atoms with van der Waals surface area (Å²) in [7, 11) is 0. The van der Waals surface area contributed by atoms with Gasteiger partial charge in [-0.2, -0.15) is 0 Å². The molecule has 0 spiro atoms. The van der Waals surface area contributed by atoms with Crippen molar-refractivity contribution in [1.82, 2.24) is 15.0 Å². The summed E-state index contributed by atoms with van der Waals surface area (Å²) in [5.41, 5.74) is 4.08. The Kier molecular flexibility index (Phi) is 4.87. The molecule has 0 aliphatic carbocycles. The predicted molar refractivity (Wildman–Crippen MR) is 76.8 cm³/mol. The van der Waals surface area contributed by atoms with Crippen LogP contribution in [0.4, 0.5) is 0 Å². The minimum Gasteiger partial charge on any atom is -0.347 e. The lowest BCUT2D eigenvalue weighted by Crippen LogP contribution is -2.09. The quantitative estimate of drug-likeness (QED) is 0.760. The van der Waals surface area contributed by atoms with Crippen LogP contribution in [0.25, 0.3) is 5.69 Å². The molecule has 0 radical (unpaired) electrons. The monoisotopic (exact) mass is 275 g/mol. The Bertz CT molecular complexity index is 540. The molecule has 0 aliphatic rings. The highest BCUT2D eigenvalue weighted by Gasteiger charge is 2.16. The summed E-state index contributed by atoms with van der Waals surface area (Å²) in [5.74, 6) is 0. The molecule has 0 amide bonds. The number of ether oxygens (including phenoxy) is 2. The number of aromatic nitrogens is 3. The van der Waals surface area contributed by atoms with Crippen LogP contribution >= 0.6 is 0 Å². The topological polar surface area (TPSA) is 49.2 Å². The summed E-state index contributed by atoms with van der Waals surface area (Å²) in [6, 6.07) is 6.27. The third-order valence-electron chi connectivity index (χ3n) is 2.86. The van der Waals surface area contributed by atoms with Gasteiger partial charge in [0, 0.05) is 13.2 Å². The van der Waals surface area contributed by atoms with Crippen LogP contribution in [0.3, 0.4) is 0 Å². The minimum atomic E-state index is -0.454. The smallest absolute Gasteiger partial charge is 0.204 e. The lowest BCUT2D eigenvalue weighted by Gasteiger charge is -2.13. The van der Waals surface area contributed by atoms with Crippen LogP contribution in [0.5, 0.6) is 0 Å². The molecule has 0 atom stereocenters. The predicted octanol–water partition coefficient (Wildman–Crippen LogP) is 2.96. The molecule has 20 heavy (non-hydrogen) atoms. The molecule has 0 aliphatic heterocycles. The summed E-state index contributed by atoms with van der Waals surface area (Å²) in [6.07, 6.45) is 1.40. The molecule has 5 heteroatoms. The lowest BCUT2D eigenvalue weighted by atomic mass is 10.1. The third kappa shape index (κ3) is 3.43. The molecule has 0 saturated carbocycles. The fourth-order valence-electron chi connectivity index (χ4n) is 2.12. The Morgan fingerprint density at radius 3 is 2.20 bits per heavy atom. The van der Waals surface area contributed by atoms with Crippen LogP contribution in [-0.2, 0) is 9.47 Å². The first-order chi connectivity index (χ1) is 9.63. The van der Waals surface area contributed by atoms with Crippen LogP contribution in [0.2, 0.25) is 0 Å². The highest BCUT2D eigenvalue weighted by atomic mass is 16.7. The van der Waals surface area contributed by atoms with Gasteiger partial charge in [-0.1, -0.05) is 11.3 Å². The summed E-state index contributed by atoms with van der Waals surface area (Å²) in [6.45, 7) is 9.14. The van der Waals surface area contributed by atoms with Gasteiger partial charge < -0.3 is 9.47 Å². The molecule has 1 aromatic heterocycles. The third-order valence-corrected chi connectivity index (χ3v) is 2.86. The lowest BCUT2D eigenvalue weighted by molar-refractivity contribution is -0.142. The van der Waals surface area contributed by atoms with E-state index in [0.717, 1.165) is 5.69 Å². The van der Waals surface area contributed by atoms with Crippen molar-refractivity contribution in [2.75, 3.05) is 13.2 Å². The van der Waals surface area contributed by atoms with E-state index < -0.39 is 6.29 Å². The molecule has 0 N–H and O–H groups in total. The van der Waals surface area contributed by atoms with E-state index in [2.05, 4.69) is 42.4 Å². The molecule has 0 fully saturated rings. The second-order valence-corrected chi connectivity index (χ2v) is 4.68. The number of nitrogens with zero attached hydrogens (tertiary/aromatic N) is 3. The van der Waals surface area contributed by atoms with Crippen molar-refractivity contribution >= 4 is 0 Å². The molecule has 5 nitrogen and oxygen atoms in total. The number of benzene rings is 1. The fraction of sp³-hybridized carbons (Fsp3) is 0.467. The highest BCUT2D eigenvalue weighted by molar-refractivity contribution is 5.38. The highest BCUT2D eigenvalue weighted by Crippen LogP contribution is 2.18. The summed E-state index contributed by atoms with van der Waals surface area (Å²) in [5, 5.41) is 8.31. The van der Waals surface area contributed by atoms with E-state index in [1.54, 1.807) is 4.68 Å². The Labute approximate surface area is 119 Å². The van der Waals surface area contributed by atoms with Crippen molar-refractivity contribution in [3.05, 3.63) is 41.2 Å². The number of rotatable bonds is 6. The van der Waals surface area contributed by atoms with E-state index in [9.17, 15) is 0 Å². The van der Waals surface area contributed by atoms with Crippen molar-refractivity contribution in [2.45, 2.75) is 34.0 Å². The Hall–Kier alpha value is -1.72. The first-order valence-corrected chi connectivity index (χ1v) is 6.88. The van der Waals surface area contributed by atoms with E-state index >= 15 is 0 Å². The van der Waals surface area contributed by atoms with Gasteiger partial charge in [0.05, 0.1) is 11.9 Å². The normalized spacial score (nSPS) is 11.2. The van der Waals surface area contributed by atoms with Gasteiger partial charge in [-0.3, -0.25) is 0 Å². The van der Waals surface area contributed by atoms with Crippen molar-refractivity contribution in [1.29, 1.82) is 0 Å². The molecule has 0 saturated heterocycles. The first kappa shape index (κ1) is 14.7. The van der Waals surface area contributed by atoms with Crippen LogP contribution in [-0.4, -0.2) is 28.2 Å². The van der Waals surface area contributed by atoms with Gasteiger partial charge in [-0.15, -0.1) is 5.10 Å². The number of hydrogen-bond acceptors (Lipinski definition) is 4. The zero-order chi connectivity index (χ0) is 14.5. The van der Waals surface area contributed by atoms with E-state index in [0.29, 0.717) is 18.9 Å². The molecule has 0 bridgehead atoms. The molecule has 1 aromatic carbocycles. The van der Waals surface area contributed by atoms with Crippen LogP contribution in [0.1, 0.15) is 37.0 Å². The van der Waals surface area contributed by atoms with Crippen LogP contribution < -0.4 is 0 Å². The molecular weight excluding hydrogens is 254 g/mol. The van der Waals surface area contributed by atoms with E-state index in [1.807, 2.05) is 20.0 Å². The van der Waals surface area contributed by atoms with Gasteiger partial charge in [0.1, 0.15) is 5.69 Å². The summed E-state index contributed by atoms with van der Waals surface area (Å²) >= 11 is 0. The number of aryl methyl sites for hydroxylation is 2. The number of hydrogen-bond donors (Lipinski definition) is 0. The largest absolute Gasteiger partial charge is 0.347 e. The second kappa shape index (κ2) is 6.63. The van der Waals surface area contributed by atoms with Crippen LogP contribution in [0, 0.1) is 13.8 Å².